The largest absolute Gasteiger partial charge is 0.369 e. The van der Waals surface area contributed by atoms with Crippen LogP contribution in [0.15, 0.2) is 48.5 Å². The monoisotopic (exact) mass is 411 g/mol. The van der Waals surface area contributed by atoms with Crippen molar-refractivity contribution in [2.24, 2.45) is 0 Å². The van der Waals surface area contributed by atoms with E-state index in [2.05, 4.69) is 9.80 Å². The number of piperazine rings is 1. The van der Waals surface area contributed by atoms with Crippen molar-refractivity contribution >= 4 is 40.6 Å². The van der Waals surface area contributed by atoms with Gasteiger partial charge in [0.1, 0.15) is 0 Å². The molecule has 2 aliphatic heterocycles. The van der Waals surface area contributed by atoms with Crippen LogP contribution in [0.5, 0.6) is 0 Å². The number of imide groups is 1. The fourth-order valence-corrected chi connectivity index (χ4v) is 4.21. The van der Waals surface area contributed by atoms with Crippen LogP contribution in [-0.2, 0) is 9.59 Å². The van der Waals surface area contributed by atoms with Crippen LogP contribution in [0.3, 0.4) is 0 Å². The van der Waals surface area contributed by atoms with E-state index in [1.165, 1.54) is 4.90 Å². The molecule has 0 N–H and O–H groups in total. The van der Waals surface area contributed by atoms with Crippen molar-refractivity contribution in [2.45, 2.75) is 19.4 Å². The van der Waals surface area contributed by atoms with Gasteiger partial charge in [-0.2, -0.15) is 0 Å². The summed E-state index contributed by atoms with van der Waals surface area (Å²) < 4.78 is 0. The summed E-state index contributed by atoms with van der Waals surface area (Å²) in [5.74, 6) is -0.369. The standard InChI is InChI=1S/C22H22ClN3O3/c1-15(27)16-6-8-17(9-7-16)24-10-12-25(13-11-24)20-14-21(28)26(22(20)29)19-5-3-2-4-18(19)23/h2-9,20H,10-14H2,1H3/t20-/m1/s1. The number of carbonyl (C=O) groups is 3. The molecule has 1 atom stereocenters. The van der Waals surface area contributed by atoms with Crippen LogP contribution >= 0.6 is 11.6 Å². The molecular weight excluding hydrogens is 390 g/mol. The first-order valence-corrected chi connectivity index (χ1v) is 10.0. The third kappa shape index (κ3) is 3.78. The van der Waals surface area contributed by atoms with Crippen molar-refractivity contribution in [2.75, 3.05) is 36.0 Å². The Balaban J connectivity index is 1.42. The molecule has 29 heavy (non-hydrogen) atoms. The average molecular weight is 412 g/mol. The minimum absolute atomic E-state index is 0.0499. The molecule has 2 aromatic carbocycles. The number of amides is 2. The SMILES string of the molecule is CC(=O)c1ccc(N2CCN([C@@H]3CC(=O)N(c4ccccc4Cl)C3=O)CC2)cc1. The molecule has 0 radical (unpaired) electrons. The van der Waals surface area contributed by atoms with Crippen LogP contribution in [-0.4, -0.2) is 54.7 Å². The molecule has 7 heteroatoms. The Morgan fingerprint density at radius 1 is 0.966 bits per heavy atom. The molecule has 2 amide bonds. The Hall–Kier alpha value is -2.70. The van der Waals surface area contributed by atoms with Gasteiger partial charge in [-0.1, -0.05) is 23.7 Å². The van der Waals surface area contributed by atoms with Gasteiger partial charge in [-0.25, -0.2) is 4.90 Å². The van der Waals surface area contributed by atoms with Crippen LogP contribution in [0.4, 0.5) is 11.4 Å². The minimum atomic E-state index is -0.444. The molecule has 0 saturated carbocycles. The van der Waals surface area contributed by atoms with Gasteiger partial charge in [-0.15, -0.1) is 0 Å². The lowest BCUT2D eigenvalue weighted by Gasteiger charge is -2.38. The molecule has 2 aliphatic rings. The van der Waals surface area contributed by atoms with E-state index in [9.17, 15) is 14.4 Å². The predicted molar refractivity (Wildman–Crippen MR) is 113 cm³/mol. The highest BCUT2D eigenvalue weighted by atomic mass is 35.5. The van der Waals surface area contributed by atoms with Gasteiger partial charge in [-0.3, -0.25) is 19.3 Å². The maximum absolute atomic E-state index is 13.0. The zero-order chi connectivity index (χ0) is 20.5. The van der Waals surface area contributed by atoms with E-state index in [0.29, 0.717) is 29.4 Å². The first-order valence-electron chi connectivity index (χ1n) is 9.67. The summed E-state index contributed by atoms with van der Waals surface area (Å²) in [7, 11) is 0. The molecule has 0 aromatic heterocycles. The Morgan fingerprint density at radius 2 is 1.62 bits per heavy atom. The summed E-state index contributed by atoms with van der Waals surface area (Å²) in [6.45, 7) is 4.44. The van der Waals surface area contributed by atoms with Crippen LogP contribution in [0.2, 0.25) is 5.02 Å². The lowest BCUT2D eigenvalue weighted by atomic mass is 10.1. The molecule has 2 saturated heterocycles. The van der Waals surface area contributed by atoms with E-state index >= 15 is 0 Å². The Labute approximate surface area is 174 Å². The molecule has 150 valence electrons. The van der Waals surface area contributed by atoms with Crippen molar-refractivity contribution in [3.63, 3.8) is 0 Å². The Kier molecular flexibility index (Phi) is 5.39. The Morgan fingerprint density at radius 3 is 2.24 bits per heavy atom. The number of Topliss-reactive ketones (excluding diaryl/α,β-unsaturated/α-hetero) is 1. The second kappa shape index (κ2) is 7.97. The van der Waals surface area contributed by atoms with E-state index < -0.39 is 6.04 Å². The quantitative estimate of drug-likeness (QED) is 0.571. The fraction of sp³-hybridized carbons (Fsp3) is 0.318. The van der Waals surface area contributed by atoms with Gasteiger partial charge in [-0.05, 0) is 43.3 Å². The highest BCUT2D eigenvalue weighted by Crippen LogP contribution is 2.31. The van der Waals surface area contributed by atoms with Crippen molar-refractivity contribution in [1.29, 1.82) is 0 Å². The summed E-state index contributed by atoms with van der Waals surface area (Å²) in [5.41, 5.74) is 2.21. The summed E-state index contributed by atoms with van der Waals surface area (Å²) in [6, 6.07) is 14.1. The average Bonchev–Trinajstić information content (AvgIpc) is 3.03. The molecule has 2 heterocycles. The van der Waals surface area contributed by atoms with Crippen LogP contribution in [0, 0.1) is 0 Å². The molecule has 6 nitrogen and oxygen atoms in total. The second-order valence-electron chi connectivity index (χ2n) is 7.36. The Bertz CT molecular complexity index is 952. The number of halogens is 1. The zero-order valence-electron chi connectivity index (χ0n) is 16.2. The number of hydrogen-bond acceptors (Lipinski definition) is 5. The lowest BCUT2D eigenvalue weighted by molar-refractivity contribution is -0.123. The number of para-hydroxylation sites is 1. The molecule has 0 spiro atoms. The van der Waals surface area contributed by atoms with Gasteiger partial charge in [0.25, 0.3) is 5.91 Å². The van der Waals surface area contributed by atoms with Gasteiger partial charge < -0.3 is 4.90 Å². The number of ketones is 1. The van der Waals surface area contributed by atoms with E-state index in [1.54, 1.807) is 31.2 Å². The molecule has 0 unspecified atom stereocenters. The highest BCUT2D eigenvalue weighted by Gasteiger charge is 2.43. The molecule has 4 rings (SSSR count). The van der Waals surface area contributed by atoms with E-state index in [0.717, 1.165) is 18.8 Å². The smallest absolute Gasteiger partial charge is 0.251 e. The minimum Gasteiger partial charge on any atom is -0.369 e. The summed E-state index contributed by atoms with van der Waals surface area (Å²) in [5, 5.41) is 0.397. The number of anilines is 2. The van der Waals surface area contributed by atoms with Gasteiger partial charge in [0.15, 0.2) is 5.78 Å². The molecule has 2 aromatic rings. The van der Waals surface area contributed by atoms with E-state index in [4.69, 9.17) is 11.6 Å². The molecule has 0 aliphatic carbocycles. The lowest BCUT2D eigenvalue weighted by Crippen LogP contribution is -2.52. The van der Waals surface area contributed by atoms with Gasteiger partial charge >= 0.3 is 0 Å². The molecular formula is C22H22ClN3O3. The van der Waals surface area contributed by atoms with E-state index in [-0.39, 0.29) is 24.0 Å². The van der Waals surface area contributed by atoms with Crippen molar-refractivity contribution in [3.8, 4) is 0 Å². The third-order valence-electron chi connectivity index (χ3n) is 5.61. The number of hydrogen-bond donors (Lipinski definition) is 0. The number of rotatable bonds is 4. The van der Waals surface area contributed by atoms with Crippen molar-refractivity contribution in [1.82, 2.24) is 4.90 Å². The number of benzene rings is 2. The van der Waals surface area contributed by atoms with Gasteiger partial charge in [0.05, 0.1) is 23.2 Å². The first-order chi connectivity index (χ1) is 14.0. The van der Waals surface area contributed by atoms with Crippen molar-refractivity contribution < 1.29 is 14.4 Å². The summed E-state index contributed by atoms with van der Waals surface area (Å²) in [6.07, 6.45) is 0.178. The predicted octanol–water partition coefficient (Wildman–Crippen LogP) is 3.00. The van der Waals surface area contributed by atoms with E-state index in [1.807, 2.05) is 24.3 Å². The third-order valence-corrected chi connectivity index (χ3v) is 5.93. The second-order valence-corrected chi connectivity index (χ2v) is 7.77. The zero-order valence-corrected chi connectivity index (χ0v) is 16.9. The maximum Gasteiger partial charge on any atom is 0.251 e. The molecule has 0 bridgehead atoms. The van der Waals surface area contributed by atoms with Crippen LogP contribution in [0.25, 0.3) is 0 Å². The van der Waals surface area contributed by atoms with Gasteiger partial charge in [0.2, 0.25) is 5.91 Å². The fourth-order valence-electron chi connectivity index (χ4n) is 3.99. The van der Waals surface area contributed by atoms with Crippen LogP contribution < -0.4 is 9.80 Å². The highest BCUT2D eigenvalue weighted by molar-refractivity contribution is 6.36. The van der Waals surface area contributed by atoms with Gasteiger partial charge in [0, 0.05) is 37.4 Å². The topological polar surface area (TPSA) is 60.9 Å². The first kappa shape index (κ1) is 19.6. The normalized spacial score (nSPS) is 20.4. The maximum atomic E-state index is 13.0. The molecule has 2 fully saturated rings. The van der Waals surface area contributed by atoms with Crippen molar-refractivity contribution in [3.05, 3.63) is 59.1 Å². The van der Waals surface area contributed by atoms with Crippen LogP contribution in [0.1, 0.15) is 23.7 Å². The number of nitrogens with zero attached hydrogens (tertiary/aromatic N) is 3. The number of carbonyl (C=O) groups excluding carboxylic acids is 3. The summed E-state index contributed by atoms with van der Waals surface area (Å²) >= 11 is 6.20. The summed E-state index contributed by atoms with van der Waals surface area (Å²) in [4.78, 5) is 42.5.